The summed E-state index contributed by atoms with van der Waals surface area (Å²) in [4.78, 5) is 34.5. The second kappa shape index (κ2) is 16.4. The first-order valence-electron chi connectivity index (χ1n) is 16.9. The molecule has 0 unspecified atom stereocenters. The van der Waals surface area contributed by atoms with Gasteiger partial charge in [0.15, 0.2) is 11.5 Å². The molecule has 3 aliphatic heterocycles. The van der Waals surface area contributed by atoms with E-state index in [1.807, 2.05) is 46.2 Å². The SMILES string of the molecule is COc1cc(C(=O)N2CC[C@](CCN3CCC(C(=O)N4CCOCC4)(c4ccccc4)CC3)(c3ccc(Cl)c(Cl)c3)C2)cc(OC)c1OC.Cl. The molecule has 9 nitrogen and oxygen atoms in total. The number of piperidine rings is 1. The van der Waals surface area contributed by atoms with Gasteiger partial charge in [-0.1, -0.05) is 59.6 Å². The first-order chi connectivity index (χ1) is 23.7. The summed E-state index contributed by atoms with van der Waals surface area (Å²) in [5.41, 5.74) is 1.75. The van der Waals surface area contributed by atoms with E-state index in [1.54, 1.807) is 33.5 Å². The molecule has 0 radical (unpaired) electrons. The molecule has 3 aliphatic rings. The van der Waals surface area contributed by atoms with Crippen LogP contribution in [0.5, 0.6) is 17.2 Å². The average Bonchev–Trinajstić information content (AvgIpc) is 3.60. The Morgan fingerprint density at radius 3 is 2.02 bits per heavy atom. The largest absolute Gasteiger partial charge is 0.493 e. The number of hydrogen-bond acceptors (Lipinski definition) is 7. The van der Waals surface area contributed by atoms with Gasteiger partial charge in [0.1, 0.15) is 0 Å². The molecule has 0 saturated carbocycles. The molecule has 3 aromatic carbocycles. The second-order valence-corrected chi connectivity index (χ2v) is 14.1. The van der Waals surface area contributed by atoms with Gasteiger partial charge < -0.3 is 33.6 Å². The highest BCUT2D eigenvalue weighted by atomic mass is 35.5. The molecule has 3 heterocycles. The zero-order valence-electron chi connectivity index (χ0n) is 28.9. The van der Waals surface area contributed by atoms with Crippen LogP contribution in [0.4, 0.5) is 0 Å². The number of carbonyl (C=O) groups excluding carboxylic acids is 2. The number of carbonyl (C=O) groups is 2. The Bertz CT molecular complexity index is 1620. The number of halogens is 3. The highest BCUT2D eigenvalue weighted by molar-refractivity contribution is 6.42. The van der Waals surface area contributed by atoms with Gasteiger partial charge in [0.2, 0.25) is 11.7 Å². The number of nitrogens with zero attached hydrogens (tertiary/aromatic N) is 3. The summed E-state index contributed by atoms with van der Waals surface area (Å²) in [5, 5.41) is 1.00. The first kappa shape index (κ1) is 38.0. The van der Waals surface area contributed by atoms with Gasteiger partial charge in [-0.2, -0.15) is 0 Å². The van der Waals surface area contributed by atoms with E-state index in [4.69, 9.17) is 42.1 Å². The maximum Gasteiger partial charge on any atom is 0.254 e. The third-order valence-corrected chi connectivity index (χ3v) is 11.5. The first-order valence-corrected chi connectivity index (χ1v) is 17.7. The molecule has 50 heavy (non-hydrogen) atoms. The van der Waals surface area contributed by atoms with E-state index in [0.717, 1.165) is 56.4 Å². The van der Waals surface area contributed by atoms with Gasteiger partial charge in [-0.15, -0.1) is 12.4 Å². The van der Waals surface area contributed by atoms with Gasteiger partial charge in [-0.3, -0.25) is 9.59 Å². The molecular formula is C38H46Cl3N3O6. The van der Waals surface area contributed by atoms with E-state index in [1.165, 1.54) is 0 Å². The number of ether oxygens (including phenoxy) is 4. The van der Waals surface area contributed by atoms with Crippen LogP contribution >= 0.6 is 35.6 Å². The molecule has 0 spiro atoms. The Kier molecular flexibility index (Phi) is 12.5. The van der Waals surface area contributed by atoms with E-state index in [2.05, 4.69) is 17.0 Å². The van der Waals surface area contributed by atoms with Crippen molar-refractivity contribution >= 4 is 47.4 Å². The lowest BCUT2D eigenvalue weighted by Gasteiger charge is -2.45. The number of hydrogen-bond donors (Lipinski definition) is 0. The summed E-state index contributed by atoms with van der Waals surface area (Å²) in [5.74, 6) is 1.42. The van der Waals surface area contributed by atoms with Crippen LogP contribution in [0.1, 0.15) is 47.2 Å². The van der Waals surface area contributed by atoms with E-state index < -0.39 is 5.41 Å². The fourth-order valence-corrected chi connectivity index (χ4v) is 8.12. The van der Waals surface area contributed by atoms with Gasteiger partial charge >= 0.3 is 0 Å². The molecule has 1 atom stereocenters. The van der Waals surface area contributed by atoms with Crippen molar-refractivity contribution in [2.45, 2.75) is 36.5 Å². The molecule has 12 heteroatoms. The molecule has 3 saturated heterocycles. The smallest absolute Gasteiger partial charge is 0.254 e. The van der Waals surface area contributed by atoms with Gasteiger partial charge in [-0.25, -0.2) is 0 Å². The number of methoxy groups -OCH3 is 3. The molecule has 0 aromatic heterocycles. The average molecular weight is 747 g/mol. The van der Waals surface area contributed by atoms with Crippen molar-refractivity contribution in [1.29, 1.82) is 0 Å². The topological polar surface area (TPSA) is 80.8 Å². The van der Waals surface area contributed by atoms with E-state index >= 15 is 0 Å². The molecule has 0 N–H and O–H groups in total. The molecule has 6 rings (SSSR count). The van der Waals surface area contributed by atoms with E-state index in [0.29, 0.717) is 72.3 Å². The zero-order chi connectivity index (χ0) is 34.6. The zero-order valence-corrected chi connectivity index (χ0v) is 31.2. The summed E-state index contributed by atoms with van der Waals surface area (Å²) < 4.78 is 22.1. The Balaban J connectivity index is 0.00000486. The molecule has 0 bridgehead atoms. The Hall–Kier alpha value is -3.21. The highest BCUT2D eigenvalue weighted by Gasteiger charge is 2.46. The van der Waals surface area contributed by atoms with E-state index in [9.17, 15) is 9.59 Å². The Morgan fingerprint density at radius 1 is 0.760 bits per heavy atom. The lowest BCUT2D eigenvalue weighted by atomic mass is 9.71. The Morgan fingerprint density at radius 2 is 1.42 bits per heavy atom. The van der Waals surface area contributed by atoms with Crippen LogP contribution in [0.2, 0.25) is 10.0 Å². The van der Waals surface area contributed by atoms with Gasteiger partial charge in [0.25, 0.3) is 5.91 Å². The molecule has 3 aromatic rings. The van der Waals surface area contributed by atoms with Crippen LogP contribution in [0, 0.1) is 0 Å². The standard InChI is InChI=1S/C38H45Cl2N3O6.ClH/c1-46-32-23-27(24-33(47-2)34(32)48-3)35(44)43-18-12-37(26-43,29-9-10-30(39)31(40)25-29)11-15-41-16-13-38(14-17-41,28-7-5-4-6-8-28)36(45)42-19-21-49-22-20-42;/h4-10,23-25H,11-22,26H2,1-3H3;1H/t37-;/m0./s1. The normalized spacial score (nSPS) is 20.6. The lowest BCUT2D eigenvalue weighted by Crippen LogP contribution is -2.55. The molecule has 0 aliphatic carbocycles. The predicted molar refractivity (Wildman–Crippen MR) is 198 cm³/mol. The monoisotopic (exact) mass is 745 g/mol. The van der Waals surface area contributed by atoms with Crippen LogP contribution in [-0.2, 0) is 20.4 Å². The maximum absolute atomic E-state index is 14.1. The predicted octanol–water partition coefficient (Wildman–Crippen LogP) is 6.51. The number of rotatable bonds is 10. The summed E-state index contributed by atoms with van der Waals surface area (Å²) in [6.45, 7) is 5.97. The fraction of sp³-hybridized carbons (Fsp3) is 0.474. The van der Waals surface area contributed by atoms with Crippen molar-refractivity contribution < 1.29 is 28.5 Å². The third kappa shape index (κ3) is 7.53. The van der Waals surface area contributed by atoms with Crippen molar-refractivity contribution in [3.8, 4) is 17.2 Å². The Labute approximate surface area is 311 Å². The second-order valence-electron chi connectivity index (χ2n) is 13.2. The van der Waals surface area contributed by atoms with Crippen LogP contribution < -0.4 is 14.2 Å². The van der Waals surface area contributed by atoms with Crippen LogP contribution in [-0.4, -0.2) is 107 Å². The quantitative estimate of drug-likeness (QED) is 0.234. The lowest BCUT2D eigenvalue weighted by molar-refractivity contribution is -0.143. The molecule has 270 valence electrons. The fourth-order valence-electron chi connectivity index (χ4n) is 7.83. The minimum Gasteiger partial charge on any atom is -0.493 e. The molecule has 3 fully saturated rings. The minimum absolute atomic E-state index is 0. The number of benzene rings is 3. The molecular weight excluding hydrogens is 701 g/mol. The van der Waals surface area contributed by atoms with Crippen LogP contribution in [0.3, 0.4) is 0 Å². The summed E-state index contributed by atoms with van der Waals surface area (Å²) in [6.07, 6.45) is 3.09. The van der Waals surface area contributed by atoms with Gasteiger partial charge in [0.05, 0.1) is 50.0 Å². The van der Waals surface area contributed by atoms with E-state index in [-0.39, 0.29) is 29.6 Å². The van der Waals surface area contributed by atoms with Crippen molar-refractivity contribution in [2.24, 2.45) is 0 Å². The van der Waals surface area contributed by atoms with Crippen LogP contribution in [0.25, 0.3) is 0 Å². The van der Waals surface area contributed by atoms with Crippen molar-refractivity contribution in [3.63, 3.8) is 0 Å². The highest BCUT2D eigenvalue weighted by Crippen LogP contribution is 2.44. The van der Waals surface area contributed by atoms with Crippen molar-refractivity contribution in [2.75, 3.05) is 80.4 Å². The minimum atomic E-state index is -0.548. The summed E-state index contributed by atoms with van der Waals surface area (Å²) in [6, 6.07) is 19.5. The van der Waals surface area contributed by atoms with Crippen molar-refractivity contribution in [1.82, 2.24) is 14.7 Å². The number of morpholine rings is 1. The summed E-state index contributed by atoms with van der Waals surface area (Å²) in [7, 11) is 4.62. The summed E-state index contributed by atoms with van der Waals surface area (Å²) >= 11 is 12.9. The van der Waals surface area contributed by atoms with Crippen molar-refractivity contribution in [3.05, 3.63) is 87.4 Å². The third-order valence-electron chi connectivity index (χ3n) is 10.7. The number of likely N-dealkylation sites (tertiary alicyclic amines) is 2. The maximum atomic E-state index is 14.1. The van der Waals surface area contributed by atoms with Gasteiger partial charge in [-0.05, 0) is 80.7 Å². The molecule has 2 amide bonds. The number of amides is 2. The van der Waals surface area contributed by atoms with Gasteiger partial charge in [0, 0.05) is 37.2 Å². The van der Waals surface area contributed by atoms with Crippen LogP contribution in [0.15, 0.2) is 60.7 Å².